The smallest absolute Gasteiger partial charge is 0.133 e. The lowest BCUT2D eigenvalue weighted by Crippen LogP contribution is -2.08. The molecule has 0 bridgehead atoms. The Hall–Kier alpha value is -2.77. The monoisotopic (exact) mass is 306 g/mol. The fraction of sp³-hybridized carbons (Fsp3) is 0.0556. The van der Waals surface area contributed by atoms with Crippen molar-refractivity contribution < 1.29 is 4.74 Å². The van der Waals surface area contributed by atoms with Crippen LogP contribution in [0.5, 0.6) is 5.75 Å². The number of amidine groups is 1. The Kier molecular flexibility index (Phi) is 3.82. The SMILES string of the molecule is COc1cccc(C#Cc2cccc3sc(C(=N)N)cc23)c1. The molecule has 0 aliphatic rings. The van der Waals surface area contributed by atoms with E-state index in [0.29, 0.717) is 0 Å². The molecule has 0 unspecified atom stereocenters. The number of benzene rings is 2. The highest BCUT2D eigenvalue weighted by atomic mass is 32.1. The van der Waals surface area contributed by atoms with Crippen LogP contribution in [0.25, 0.3) is 10.1 Å². The summed E-state index contributed by atoms with van der Waals surface area (Å²) in [6, 6.07) is 15.6. The van der Waals surface area contributed by atoms with Crippen LogP contribution in [0.2, 0.25) is 0 Å². The molecule has 0 saturated carbocycles. The number of rotatable bonds is 2. The minimum Gasteiger partial charge on any atom is -0.497 e. The van der Waals surface area contributed by atoms with Gasteiger partial charge in [0.05, 0.1) is 12.0 Å². The van der Waals surface area contributed by atoms with Crippen LogP contribution in [0, 0.1) is 17.3 Å². The Bertz CT molecular complexity index is 915. The third-order valence-electron chi connectivity index (χ3n) is 3.24. The topological polar surface area (TPSA) is 59.1 Å². The first kappa shape index (κ1) is 14.2. The molecular formula is C18H14N2OS. The average molecular weight is 306 g/mol. The Morgan fingerprint density at radius 1 is 1.14 bits per heavy atom. The number of fused-ring (bicyclic) bond motifs is 1. The van der Waals surface area contributed by atoms with E-state index >= 15 is 0 Å². The second kappa shape index (κ2) is 5.92. The lowest BCUT2D eigenvalue weighted by molar-refractivity contribution is 0.414. The van der Waals surface area contributed by atoms with E-state index in [1.807, 2.05) is 48.5 Å². The molecule has 0 saturated heterocycles. The van der Waals surface area contributed by atoms with Crippen molar-refractivity contribution in [3.05, 3.63) is 64.5 Å². The molecule has 4 heteroatoms. The molecule has 1 heterocycles. The van der Waals surface area contributed by atoms with Crippen LogP contribution in [-0.2, 0) is 0 Å². The van der Waals surface area contributed by atoms with Crippen LogP contribution in [0.15, 0.2) is 48.5 Å². The summed E-state index contributed by atoms with van der Waals surface area (Å²) in [5.74, 6) is 7.24. The summed E-state index contributed by atoms with van der Waals surface area (Å²) in [5.41, 5.74) is 7.40. The van der Waals surface area contributed by atoms with Crippen LogP contribution in [0.4, 0.5) is 0 Å². The van der Waals surface area contributed by atoms with E-state index in [9.17, 15) is 0 Å². The highest BCUT2D eigenvalue weighted by molar-refractivity contribution is 7.20. The molecule has 2 aromatic carbocycles. The van der Waals surface area contributed by atoms with Gasteiger partial charge in [0, 0.05) is 21.2 Å². The van der Waals surface area contributed by atoms with Crippen molar-refractivity contribution >= 4 is 27.3 Å². The summed E-state index contributed by atoms with van der Waals surface area (Å²) in [6.45, 7) is 0. The van der Waals surface area contributed by atoms with Crippen molar-refractivity contribution in [1.82, 2.24) is 0 Å². The zero-order chi connectivity index (χ0) is 15.5. The van der Waals surface area contributed by atoms with Crippen LogP contribution in [-0.4, -0.2) is 12.9 Å². The molecule has 0 aliphatic carbocycles. The highest BCUT2D eigenvalue weighted by Gasteiger charge is 2.06. The molecule has 3 N–H and O–H groups in total. The van der Waals surface area contributed by atoms with E-state index in [0.717, 1.165) is 31.8 Å². The van der Waals surface area contributed by atoms with E-state index in [-0.39, 0.29) is 5.84 Å². The van der Waals surface area contributed by atoms with E-state index in [1.165, 1.54) is 11.3 Å². The van der Waals surface area contributed by atoms with Crippen molar-refractivity contribution in [2.24, 2.45) is 5.73 Å². The first-order valence-corrected chi connectivity index (χ1v) is 7.52. The van der Waals surface area contributed by atoms with Crippen molar-refractivity contribution in [1.29, 1.82) is 5.41 Å². The van der Waals surface area contributed by atoms with Gasteiger partial charge in [-0.2, -0.15) is 0 Å². The third kappa shape index (κ3) is 2.80. The molecule has 3 nitrogen and oxygen atoms in total. The number of hydrogen-bond donors (Lipinski definition) is 2. The summed E-state index contributed by atoms with van der Waals surface area (Å²) >= 11 is 1.51. The molecule has 0 spiro atoms. The molecule has 22 heavy (non-hydrogen) atoms. The van der Waals surface area contributed by atoms with Gasteiger partial charge in [-0.1, -0.05) is 24.0 Å². The van der Waals surface area contributed by atoms with Gasteiger partial charge < -0.3 is 10.5 Å². The van der Waals surface area contributed by atoms with Gasteiger partial charge in [0.25, 0.3) is 0 Å². The molecule has 108 valence electrons. The fourth-order valence-corrected chi connectivity index (χ4v) is 3.09. The fourth-order valence-electron chi connectivity index (χ4n) is 2.14. The maximum absolute atomic E-state index is 7.56. The molecule has 0 aliphatic heterocycles. The summed E-state index contributed by atoms with van der Waals surface area (Å²) in [5, 5.41) is 8.59. The highest BCUT2D eigenvalue weighted by Crippen LogP contribution is 2.27. The quantitative estimate of drug-likeness (QED) is 0.432. The lowest BCUT2D eigenvalue weighted by Gasteiger charge is -1.98. The molecule has 0 amide bonds. The number of nitrogens with two attached hydrogens (primary N) is 1. The predicted octanol–water partition coefficient (Wildman–Crippen LogP) is 3.59. The largest absolute Gasteiger partial charge is 0.497 e. The van der Waals surface area contributed by atoms with Crippen molar-refractivity contribution in [3.8, 4) is 17.6 Å². The van der Waals surface area contributed by atoms with Gasteiger partial charge in [-0.15, -0.1) is 11.3 Å². The molecule has 0 atom stereocenters. The molecule has 3 rings (SSSR count). The van der Waals surface area contributed by atoms with Crippen LogP contribution >= 0.6 is 11.3 Å². The van der Waals surface area contributed by atoms with Crippen LogP contribution in [0.3, 0.4) is 0 Å². The van der Waals surface area contributed by atoms with Crippen molar-refractivity contribution in [3.63, 3.8) is 0 Å². The Morgan fingerprint density at radius 3 is 2.73 bits per heavy atom. The summed E-state index contributed by atoms with van der Waals surface area (Å²) in [7, 11) is 1.64. The summed E-state index contributed by atoms with van der Waals surface area (Å²) < 4.78 is 6.29. The standard InChI is InChI=1S/C18H14N2OS/c1-21-14-6-2-4-12(10-14)8-9-13-5-3-7-16-15(13)11-17(22-16)18(19)20/h2-7,10-11H,1H3,(H3,19,20). The van der Waals surface area contributed by atoms with E-state index in [4.69, 9.17) is 15.9 Å². The Labute approximate surface area is 132 Å². The van der Waals surface area contributed by atoms with E-state index in [1.54, 1.807) is 7.11 Å². The molecule has 0 fully saturated rings. The third-order valence-corrected chi connectivity index (χ3v) is 4.37. The number of thiophene rings is 1. The van der Waals surface area contributed by atoms with Crippen molar-refractivity contribution in [2.75, 3.05) is 7.11 Å². The van der Waals surface area contributed by atoms with E-state index < -0.39 is 0 Å². The summed E-state index contributed by atoms with van der Waals surface area (Å²) in [4.78, 5) is 0.769. The zero-order valence-electron chi connectivity index (χ0n) is 12.0. The maximum Gasteiger partial charge on any atom is 0.133 e. The Morgan fingerprint density at radius 2 is 1.95 bits per heavy atom. The molecule has 1 aromatic heterocycles. The van der Waals surface area contributed by atoms with Gasteiger partial charge in [-0.25, -0.2) is 0 Å². The molecule has 3 aromatic rings. The first-order chi connectivity index (χ1) is 10.7. The van der Waals surface area contributed by atoms with Crippen molar-refractivity contribution in [2.45, 2.75) is 0 Å². The number of hydrogen-bond acceptors (Lipinski definition) is 3. The van der Waals surface area contributed by atoms with E-state index in [2.05, 4.69) is 11.8 Å². The predicted molar refractivity (Wildman–Crippen MR) is 91.8 cm³/mol. The average Bonchev–Trinajstić information content (AvgIpc) is 2.98. The van der Waals surface area contributed by atoms with Crippen LogP contribution in [0.1, 0.15) is 16.0 Å². The van der Waals surface area contributed by atoms with Gasteiger partial charge in [0.1, 0.15) is 11.6 Å². The Balaban J connectivity index is 2.04. The summed E-state index contributed by atoms with van der Waals surface area (Å²) in [6.07, 6.45) is 0. The minimum absolute atomic E-state index is 0.0907. The number of nitrogen functional groups attached to an aromatic ring is 1. The number of methoxy groups -OCH3 is 1. The minimum atomic E-state index is 0.0907. The first-order valence-electron chi connectivity index (χ1n) is 6.70. The normalized spacial score (nSPS) is 10.0. The van der Waals surface area contributed by atoms with Gasteiger partial charge in [-0.05, 0) is 36.4 Å². The number of nitrogens with one attached hydrogen (secondary N) is 1. The lowest BCUT2D eigenvalue weighted by atomic mass is 10.1. The second-order valence-corrected chi connectivity index (χ2v) is 5.81. The second-order valence-electron chi connectivity index (χ2n) is 4.72. The van der Waals surface area contributed by atoms with Gasteiger partial charge in [0.15, 0.2) is 0 Å². The zero-order valence-corrected chi connectivity index (χ0v) is 12.8. The van der Waals surface area contributed by atoms with Crippen LogP contribution < -0.4 is 10.5 Å². The van der Waals surface area contributed by atoms with Gasteiger partial charge >= 0.3 is 0 Å². The molecule has 0 radical (unpaired) electrons. The van der Waals surface area contributed by atoms with Gasteiger partial charge in [0.2, 0.25) is 0 Å². The maximum atomic E-state index is 7.56. The molecular weight excluding hydrogens is 292 g/mol. The number of ether oxygens (including phenoxy) is 1. The van der Waals surface area contributed by atoms with Gasteiger partial charge in [-0.3, -0.25) is 5.41 Å².